The summed E-state index contributed by atoms with van der Waals surface area (Å²) in [5.74, 6) is 0.929. The van der Waals surface area contributed by atoms with Gasteiger partial charge in [0, 0.05) is 31.2 Å². The molecule has 0 atom stereocenters. The summed E-state index contributed by atoms with van der Waals surface area (Å²) in [5.41, 5.74) is 3.49. The molecule has 0 aliphatic rings. The molecule has 96 valence electrons. The van der Waals surface area contributed by atoms with Crippen molar-refractivity contribution in [2.24, 2.45) is 0 Å². The Bertz CT molecular complexity index is 528. The first-order valence-corrected chi connectivity index (χ1v) is 6.26. The lowest BCUT2D eigenvalue weighted by Gasteiger charge is -2.13. The minimum absolute atomic E-state index is 0.409. The Hall–Kier alpha value is -1.84. The van der Waals surface area contributed by atoms with E-state index < -0.39 is 0 Å². The summed E-state index contributed by atoms with van der Waals surface area (Å²) in [6.45, 7) is 9.18. The summed E-state index contributed by atoms with van der Waals surface area (Å²) in [4.78, 5) is 8.61. The summed E-state index contributed by atoms with van der Waals surface area (Å²) in [6.07, 6.45) is 5.79. The molecule has 0 aliphatic heterocycles. The topological polar surface area (TPSA) is 42.7 Å². The van der Waals surface area contributed by atoms with Crippen molar-refractivity contribution in [3.05, 3.63) is 41.5 Å². The van der Waals surface area contributed by atoms with Crippen molar-refractivity contribution in [1.29, 1.82) is 0 Å². The van der Waals surface area contributed by atoms with Gasteiger partial charge < -0.3 is 9.88 Å². The second-order valence-electron chi connectivity index (χ2n) is 4.86. The maximum Gasteiger partial charge on any atom is 0.203 e. The lowest BCUT2D eigenvalue weighted by atomic mass is 10.1. The zero-order valence-electron chi connectivity index (χ0n) is 11.4. The number of rotatable bonds is 4. The summed E-state index contributed by atoms with van der Waals surface area (Å²) < 4.78 is 2.16. The minimum atomic E-state index is 0.409. The number of anilines is 1. The van der Waals surface area contributed by atoms with Gasteiger partial charge in [0.25, 0.3) is 0 Å². The molecule has 0 unspecified atom stereocenters. The van der Waals surface area contributed by atoms with Crippen LogP contribution in [0.4, 0.5) is 5.95 Å². The number of aromatic nitrogens is 3. The van der Waals surface area contributed by atoms with E-state index in [1.54, 1.807) is 0 Å². The second kappa shape index (κ2) is 5.21. The van der Waals surface area contributed by atoms with Crippen molar-refractivity contribution in [2.45, 2.75) is 40.3 Å². The number of aryl methyl sites for hydroxylation is 2. The SMILES string of the molecule is Cc1cn(C(C)C)c(NCc2ccncc2C)n1. The summed E-state index contributed by atoms with van der Waals surface area (Å²) in [5, 5.41) is 3.40. The van der Waals surface area contributed by atoms with Gasteiger partial charge in [0.05, 0.1) is 5.69 Å². The Morgan fingerprint density at radius 1 is 1.33 bits per heavy atom. The lowest BCUT2D eigenvalue weighted by Crippen LogP contribution is -2.09. The van der Waals surface area contributed by atoms with E-state index in [4.69, 9.17) is 0 Å². The molecule has 2 heterocycles. The number of nitrogens with zero attached hydrogens (tertiary/aromatic N) is 3. The third-order valence-electron chi connectivity index (χ3n) is 2.98. The van der Waals surface area contributed by atoms with E-state index in [2.05, 4.69) is 46.8 Å². The smallest absolute Gasteiger partial charge is 0.203 e. The Labute approximate surface area is 108 Å². The monoisotopic (exact) mass is 244 g/mol. The third kappa shape index (κ3) is 2.70. The molecule has 1 N–H and O–H groups in total. The fourth-order valence-electron chi connectivity index (χ4n) is 1.92. The minimum Gasteiger partial charge on any atom is -0.352 e. The number of imidazole rings is 1. The second-order valence-corrected chi connectivity index (χ2v) is 4.86. The van der Waals surface area contributed by atoms with Gasteiger partial charge in [-0.1, -0.05) is 0 Å². The van der Waals surface area contributed by atoms with E-state index in [9.17, 15) is 0 Å². The largest absolute Gasteiger partial charge is 0.352 e. The van der Waals surface area contributed by atoms with Crippen molar-refractivity contribution in [3.8, 4) is 0 Å². The molecule has 0 aromatic carbocycles. The van der Waals surface area contributed by atoms with E-state index in [-0.39, 0.29) is 0 Å². The first-order chi connectivity index (χ1) is 8.58. The van der Waals surface area contributed by atoms with Crippen LogP contribution < -0.4 is 5.32 Å². The highest BCUT2D eigenvalue weighted by Crippen LogP contribution is 2.16. The predicted octanol–water partition coefficient (Wildman–Crippen LogP) is 3.09. The van der Waals surface area contributed by atoms with Crippen LogP contribution in [0.2, 0.25) is 0 Å². The Morgan fingerprint density at radius 2 is 2.11 bits per heavy atom. The highest BCUT2D eigenvalue weighted by Gasteiger charge is 2.08. The zero-order chi connectivity index (χ0) is 13.1. The molecule has 0 radical (unpaired) electrons. The molecule has 2 aromatic rings. The lowest BCUT2D eigenvalue weighted by molar-refractivity contribution is 0.604. The van der Waals surface area contributed by atoms with Gasteiger partial charge in [-0.05, 0) is 44.9 Å². The van der Waals surface area contributed by atoms with E-state index >= 15 is 0 Å². The van der Waals surface area contributed by atoms with Crippen molar-refractivity contribution in [1.82, 2.24) is 14.5 Å². The maximum atomic E-state index is 4.51. The molecular formula is C14H20N4. The molecule has 2 aromatic heterocycles. The first-order valence-electron chi connectivity index (χ1n) is 6.26. The average Bonchev–Trinajstić information content (AvgIpc) is 2.70. The third-order valence-corrected chi connectivity index (χ3v) is 2.98. The van der Waals surface area contributed by atoms with Crippen LogP contribution in [-0.2, 0) is 6.54 Å². The van der Waals surface area contributed by atoms with Crippen molar-refractivity contribution < 1.29 is 0 Å². The summed E-state index contributed by atoms with van der Waals surface area (Å²) >= 11 is 0. The molecule has 0 fully saturated rings. The highest BCUT2D eigenvalue weighted by molar-refractivity contribution is 5.33. The number of nitrogens with one attached hydrogen (secondary N) is 1. The van der Waals surface area contributed by atoms with Crippen LogP contribution in [0.1, 0.15) is 36.7 Å². The fraction of sp³-hybridized carbons (Fsp3) is 0.429. The van der Waals surface area contributed by atoms with E-state index in [0.29, 0.717) is 6.04 Å². The average molecular weight is 244 g/mol. The summed E-state index contributed by atoms with van der Waals surface area (Å²) in [7, 11) is 0. The van der Waals surface area contributed by atoms with Gasteiger partial charge in [0.1, 0.15) is 0 Å². The van der Waals surface area contributed by atoms with Gasteiger partial charge in [-0.15, -0.1) is 0 Å². The highest BCUT2D eigenvalue weighted by atomic mass is 15.2. The van der Waals surface area contributed by atoms with Crippen molar-refractivity contribution >= 4 is 5.95 Å². The van der Waals surface area contributed by atoms with Gasteiger partial charge in [0.2, 0.25) is 5.95 Å². The number of hydrogen-bond acceptors (Lipinski definition) is 3. The van der Waals surface area contributed by atoms with Gasteiger partial charge in [0.15, 0.2) is 0 Å². The van der Waals surface area contributed by atoms with Gasteiger partial charge in [-0.25, -0.2) is 4.98 Å². The molecule has 2 rings (SSSR count). The Kier molecular flexibility index (Phi) is 3.65. The normalized spacial score (nSPS) is 10.9. The Balaban J connectivity index is 2.13. The van der Waals surface area contributed by atoms with Gasteiger partial charge in [-0.3, -0.25) is 4.98 Å². The molecule has 18 heavy (non-hydrogen) atoms. The molecule has 0 saturated carbocycles. The molecule has 4 heteroatoms. The molecule has 0 saturated heterocycles. The standard InChI is InChI=1S/C14H20N4/c1-10(2)18-9-12(4)17-14(18)16-8-13-5-6-15-7-11(13)3/h5-7,9-10H,8H2,1-4H3,(H,16,17). The molecule has 0 bridgehead atoms. The number of pyridine rings is 1. The first kappa shape index (κ1) is 12.6. The van der Waals surface area contributed by atoms with Gasteiger partial charge >= 0.3 is 0 Å². The quantitative estimate of drug-likeness (QED) is 0.898. The van der Waals surface area contributed by atoms with Crippen LogP contribution in [-0.4, -0.2) is 14.5 Å². The van der Waals surface area contributed by atoms with Crippen LogP contribution in [0.5, 0.6) is 0 Å². The van der Waals surface area contributed by atoms with Gasteiger partial charge in [-0.2, -0.15) is 0 Å². The molecular weight excluding hydrogens is 224 g/mol. The van der Waals surface area contributed by atoms with Crippen molar-refractivity contribution in [2.75, 3.05) is 5.32 Å². The predicted molar refractivity (Wildman–Crippen MR) is 73.6 cm³/mol. The molecule has 0 spiro atoms. The Morgan fingerprint density at radius 3 is 2.78 bits per heavy atom. The van der Waals surface area contributed by atoms with Crippen LogP contribution in [0, 0.1) is 13.8 Å². The zero-order valence-corrected chi connectivity index (χ0v) is 11.4. The van der Waals surface area contributed by atoms with Crippen LogP contribution in [0.25, 0.3) is 0 Å². The molecule has 4 nitrogen and oxygen atoms in total. The van der Waals surface area contributed by atoms with Crippen LogP contribution in [0.3, 0.4) is 0 Å². The van der Waals surface area contributed by atoms with E-state index in [0.717, 1.165) is 18.2 Å². The van der Waals surface area contributed by atoms with Crippen molar-refractivity contribution in [3.63, 3.8) is 0 Å². The van der Waals surface area contributed by atoms with E-state index in [1.807, 2.05) is 25.4 Å². The summed E-state index contributed by atoms with van der Waals surface area (Å²) in [6, 6.07) is 2.45. The maximum absolute atomic E-state index is 4.51. The fourth-order valence-corrected chi connectivity index (χ4v) is 1.92. The van der Waals surface area contributed by atoms with Crippen LogP contribution >= 0.6 is 0 Å². The van der Waals surface area contributed by atoms with E-state index in [1.165, 1.54) is 11.1 Å². The molecule has 0 aliphatic carbocycles. The molecule has 0 amide bonds. The van der Waals surface area contributed by atoms with Crippen LogP contribution in [0.15, 0.2) is 24.7 Å². The number of hydrogen-bond donors (Lipinski definition) is 1.